The third-order valence-electron chi connectivity index (χ3n) is 5.59. The van der Waals surface area contributed by atoms with Crippen LogP contribution in [0.15, 0.2) is 30.5 Å². The SMILES string of the molecule is [C-]#[N+]c1ncc(N2C(=O)C3(CCC3)N(c3ccc(C(N)=O)c(F)c3)C2=S)cc1C(F)(F)F. The molecule has 4 rings (SSSR count). The standard InChI is InChI=1S/C20H13F4N5O2S/c1-26-16-13(20(22,23)24)7-11(9-27-16)28-17(31)19(5-2-6-19)29(18(28)32)10-3-4-12(15(25)30)14(21)8-10/h3-4,7-9H,2,5-6H2,(H2,25,30). The highest BCUT2D eigenvalue weighted by Crippen LogP contribution is 2.48. The van der Waals surface area contributed by atoms with Gasteiger partial charge >= 0.3 is 6.18 Å². The number of nitrogens with zero attached hydrogens (tertiary/aromatic N) is 4. The first-order valence-corrected chi connectivity index (χ1v) is 9.65. The van der Waals surface area contributed by atoms with Crippen LogP contribution in [0.1, 0.15) is 35.2 Å². The molecule has 1 aromatic heterocycles. The first-order chi connectivity index (χ1) is 15.0. The van der Waals surface area contributed by atoms with E-state index >= 15 is 0 Å². The molecule has 2 aromatic rings. The van der Waals surface area contributed by atoms with Crippen LogP contribution >= 0.6 is 12.2 Å². The minimum absolute atomic E-state index is 0.161. The van der Waals surface area contributed by atoms with Crippen molar-refractivity contribution in [3.8, 4) is 0 Å². The summed E-state index contributed by atoms with van der Waals surface area (Å²) < 4.78 is 54.6. The monoisotopic (exact) mass is 463 g/mol. The molecule has 2 fully saturated rings. The second kappa shape index (κ2) is 7.23. The maximum atomic E-state index is 14.4. The molecule has 2 heterocycles. The van der Waals surface area contributed by atoms with E-state index in [1.807, 2.05) is 0 Å². The molecule has 0 radical (unpaired) electrons. The summed E-state index contributed by atoms with van der Waals surface area (Å²) in [5.41, 5.74) is 2.22. The summed E-state index contributed by atoms with van der Waals surface area (Å²) in [6.07, 6.45) is -2.54. The van der Waals surface area contributed by atoms with Gasteiger partial charge in [-0.15, -0.1) is 4.98 Å². The number of thiocarbonyl (C=S) groups is 1. The lowest BCUT2D eigenvalue weighted by Crippen LogP contribution is -2.55. The largest absolute Gasteiger partial charge is 0.409 e. The number of hydrogen-bond acceptors (Lipinski definition) is 4. The number of primary amides is 1. The van der Waals surface area contributed by atoms with Crippen molar-refractivity contribution in [2.75, 3.05) is 9.80 Å². The molecule has 2 aliphatic rings. The number of anilines is 2. The summed E-state index contributed by atoms with van der Waals surface area (Å²) >= 11 is 5.43. The van der Waals surface area contributed by atoms with Crippen LogP contribution < -0.4 is 15.5 Å². The lowest BCUT2D eigenvalue weighted by atomic mass is 9.75. The Morgan fingerprint density at radius 1 is 1.25 bits per heavy atom. The maximum absolute atomic E-state index is 14.4. The van der Waals surface area contributed by atoms with Crippen LogP contribution in [0.4, 0.5) is 34.8 Å². The molecular weight excluding hydrogens is 450 g/mol. The second-order valence-corrected chi connectivity index (χ2v) is 7.71. The molecule has 1 saturated heterocycles. The minimum Gasteiger partial charge on any atom is -0.366 e. The number of pyridine rings is 1. The van der Waals surface area contributed by atoms with Gasteiger partial charge in [-0.05, 0) is 55.7 Å². The van der Waals surface area contributed by atoms with Crippen molar-refractivity contribution < 1.29 is 27.2 Å². The van der Waals surface area contributed by atoms with Gasteiger partial charge in [0.2, 0.25) is 0 Å². The first kappa shape index (κ1) is 21.6. The molecule has 32 heavy (non-hydrogen) atoms. The fourth-order valence-electron chi connectivity index (χ4n) is 3.92. The fourth-order valence-corrected chi connectivity index (χ4v) is 4.39. The zero-order valence-corrected chi connectivity index (χ0v) is 16.9. The molecule has 0 unspecified atom stereocenters. The Kier molecular flexibility index (Phi) is 4.89. The highest BCUT2D eigenvalue weighted by Gasteiger charge is 2.60. The smallest absolute Gasteiger partial charge is 0.366 e. The molecule has 164 valence electrons. The number of nitrogens with two attached hydrogens (primary N) is 1. The zero-order chi connectivity index (χ0) is 23.4. The van der Waals surface area contributed by atoms with Gasteiger partial charge in [-0.1, -0.05) is 6.57 Å². The predicted molar refractivity (Wildman–Crippen MR) is 110 cm³/mol. The number of hydrogen-bond donors (Lipinski definition) is 1. The molecule has 0 bridgehead atoms. The Hall–Kier alpha value is -3.59. The molecule has 2 amide bonds. The minimum atomic E-state index is -4.87. The van der Waals surface area contributed by atoms with Crippen LogP contribution in [0.2, 0.25) is 0 Å². The van der Waals surface area contributed by atoms with E-state index in [4.69, 9.17) is 24.5 Å². The quantitative estimate of drug-likeness (QED) is 0.424. The third-order valence-corrected chi connectivity index (χ3v) is 5.96. The van der Waals surface area contributed by atoms with Crippen LogP contribution in [-0.4, -0.2) is 27.4 Å². The average molecular weight is 463 g/mol. The summed E-state index contributed by atoms with van der Waals surface area (Å²) in [6, 6.07) is 4.18. The Balaban J connectivity index is 1.82. The fraction of sp³-hybridized carbons (Fsp3) is 0.250. The number of carbonyl (C=O) groups excluding carboxylic acids is 2. The zero-order valence-electron chi connectivity index (χ0n) is 16.1. The summed E-state index contributed by atoms with van der Waals surface area (Å²) in [5, 5.41) is -0.161. The molecule has 1 spiro atoms. The van der Waals surface area contributed by atoms with E-state index in [1.165, 1.54) is 11.0 Å². The van der Waals surface area contributed by atoms with Crippen LogP contribution in [-0.2, 0) is 11.0 Å². The highest BCUT2D eigenvalue weighted by molar-refractivity contribution is 7.81. The van der Waals surface area contributed by atoms with Crippen molar-refractivity contribution in [1.82, 2.24) is 4.98 Å². The molecule has 0 atom stereocenters. The van der Waals surface area contributed by atoms with Gasteiger partial charge in [-0.3, -0.25) is 14.5 Å². The molecule has 1 aliphatic heterocycles. The molecular formula is C20H13F4N5O2S. The van der Waals surface area contributed by atoms with Crippen molar-refractivity contribution in [3.05, 3.63) is 58.8 Å². The Morgan fingerprint density at radius 3 is 2.44 bits per heavy atom. The molecule has 12 heteroatoms. The van der Waals surface area contributed by atoms with Gasteiger partial charge in [0.1, 0.15) is 17.6 Å². The predicted octanol–water partition coefficient (Wildman–Crippen LogP) is 3.95. The van der Waals surface area contributed by atoms with Crippen molar-refractivity contribution in [3.63, 3.8) is 0 Å². The number of aromatic nitrogens is 1. The van der Waals surface area contributed by atoms with E-state index in [1.54, 1.807) is 0 Å². The maximum Gasteiger partial charge on any atom is 0.409 e. The lowest BCUT2D eigenvalue weighted by Gasteiger charge is -2.43. The van der Waals surface area contributed by atoms with Crippen LogP contribution in [0, 0.1) is 12.4 Å². The van der Waals surface area contributed by atoms with Crippen molar-refractivity contribution in [1.29, 1.82) is 0 Å². The van der Waals surface area contributed by atoms with Crippen molar-refractivity contribution in [2.24, 2.45) is 5.73 Å². The molecule has 1 aromatic carbocycles. The number of benzene rings is 1. The van der Waals surface area contributed by atoms with E-state index in [-0.39, 0.29) is 22.1 Å². The second-order valence-electron chi connectivity index (χ2n) is 7.35. The molecule has 7 nitrogen and oxygen atoms in total. The topological polar surface area (TPSA) is 83.9 Å². The van der Waals surface area contributed by atoms with Gasteiger partial charge in [0.15, 0.2) is 5.11 Å². The van der Waals surface area contributed by atoms with Crippen LogP contribution in [0.3, 0.4) is 0 Å². The van der Waals surface area contributed by atoms with Crippen LogP contribution in [0.5, 0.6) is 0 Å². The number of rotatable bonds is 3. The number of halogens is 4. The van der Waals surface area contributed by atoms with Crippen LogP contribution in [0.25, 0.3) is 4.85 Å². The summed E-state index contributed by atoms with van der Waals surface area (Å²) in [4.78, 5) is 33.3. The van der Waals surface area contributed by atoms with E-state index < -0.39 is 40.7 Å². The molecule has 2 N–H and O–H groups in total. The molecule has 1 saturated carbocycles. The highest BCUT2D eigenvalue weighted by atomic mass is 32.1. The Labute approximate surface area is 184 Å². The van der Waals surface area contributed by atoms with Crippen molar-refractivity contribution >= 4 is 46.3 Å². The van der Waals surface area contributed by atoms with Gasteiger partial charge in [0, 0.05) is 5.69 Å². The van der Waals surface area contributed by atoms with Gasteiger partial charge in [0.25, 0.3) is 17.6 Å². The number of carbonyl (C=O) groups is 2. The van der Waals surface area contributed by atoms with Gasteiger partial charge in [-0.25, -0.2) is 4.39 Å². The lowest BCUT2D eigenvalue weighted by molar-refractivity contribution is -0.137. The number of amides is 2. The number of alkyl halides is 3. The van der Waals surface area contributed by atoms with E-state index in [0.29, 0.717) is 25.3 Å². The average Bonchev–Trinajstić information content (AvgIpc) is 2.93. The summed E-state index contributed by atoms with van der Waals surface area (Å²) in [6.45, 7) is 6.92. The summed E-state index contributed by atoms with van der Waals surface area (Å²) in [7, 11) is 0. The van der Waals surface area contributed by atoms with E-state index in [0.717, 1.165) is 23.2 Å². The van der Waals surface area contributed by atoms with E-state index in [2.05, 4.69) is 9.83 Å². The van der Waals surface area contributed by atoms with Gasteiger partial charge in [0.05, 0.1) is 16.8 Å². The Morgan fingerprint density at radius 2 is 1.94 bits per heavy atom. The normalized spacial score (nSPS) is 17.5. The molecule has 1 aliphatic carbocycles. The van der Waals surface area contributed by atoms with E-state index in [9.17, 15) is 27.2 Å². The van der Waals surface area contributed by atoms with Gasteiger partial charge in [-0.2, -0.15) is 13.2 Å². The van der Waals surface area contributed by atoms with Gasteiger partial charge < -0.3 is 15.5 Å². The first-order valence-electron chi connectivity index (χ1n) is 9.24. The van der Waals surface area contributed by atoms with Crippen molar-refractivity contribution in [2.45, 2.75) is 31.0 Å². The Bertz CT molecular complexity index is 1220. The summed E-state index contributed by atoms with van der Waals surface area (Å²) in [5.74, 6) is -3.31. The third kappa shape index (κ3) is 3.08.